The van der Waals surface area contributed by atoms with Crippen molar-refractivity contribution in [3.8, 4) is 20.5 Å². The summed E-state index contributed by atoms with van der Waals surface area (Å²) < 4.78 is 192. The molecule has 0 unspecified atom stereocenters. The van der Waals surface area contributed by atoms with E-state index in [1.807, 2.05) is 0 Å². The average molecular weight is 711 g/mol. The molecule has 0 atom stereocenters. The molecule has 0 amide bonds. The van der Waals surface area contributed by atoms with Crippen molar-refractivity contribution in [1.82, 2.24) is 0 Å². The van der Waals surface area contributed by atoms with Crippen LogP contribution in [0.3, 0.4) is 0 Å². The molecule has 0 aliphatic heterocycles. The molecule has 3 aromatic carbocycles. The van der Waals surface area contributed by atoms with Gasteiger partial charge < -0.3 is 0 Å². The second kappa shape index (κ2) is 9.66. The summed E-state index contributed by atoms with van der Waals surface area (Å²) in [4.78, 5) is 0. The first kappa shape index (κ1) is 26.8. The van der Waals surface area contributed by atoms with Gasteiger partial charge in [0.15, 0.2) is 0 Å². The Kier molecular flexibility index (Phi) is 7.39. The fourth-order valence-electron chi connectivity index (χ4n) is 2.75. The normalized spacial score (nSPS) is 10.8. The molecule has 0 aliphatic carbocycles. The molecule has 0 radical (unpaired) electrons. The van der Waals surface area contributed by atoms with Crippen LogP contribution >= 0.6 is 0 Å². The van der Waals surface area contributed by atoms with E-state index in [2.05, 4.69) is 0 Å². The Bertz CT molecular complexity index is 1410. The Labute approximate surface area is 196 Å². The SMILES string of the molecule is Fc1c(F)c(F)c(C#[C][Tl][c]2c(F)c(F)c(F)c(F)c2-c2c(F)c(F)c(F)c(F)c2F)c(F)c1F. The maximum atomic E-state index is 14.4. The molecule has 0 saturated carbocycles. The topological polar surface area (TPSA) is 0 Å². The molecular weight excluding hydrogens is 711 g/mol. The van der Waals surface area contributed by atoms with E-state index in [1.54, 1.807) is 3.48 Å². The first-order chi connectivity index (χ1) is 16.2. The van der Waals surface area contributed by atoms with Crippen molar-refractivity contribution in [3.63, 3.8) is 0 Å². The molecule has 0 aromatic heterocycles. The number of benzene rings is 3. The molecular formula is C20F14Tl. The molecule has 3 rings (SSSR count). The van der Waals surface area contributed by atoms with E-state index in [9.17, 15) is 61.5 Å². The summed E-state index contributed by atoms with van der Waals surface area (Å²) in [7, 11) is 0. The van der Waals surface area contributed by atoms with Gasteiger partial charge in [-0.2, -0.15) is 0 Å². The monoisotopic (exact) mass is 711 g/mol. The number of halogens is 14. The molecule has 0 saturated heterocycles. The van der Waals surface area contributed by atoms with E-state index in [0.717, 1.165) is 0 Å². The van der Waals surface area contributed by atoms with Gasteiger partial charge in [0.1, 0.15) is 0 Å². The van der Waals surface area contributed by atoms with Crippen molar-refractivity contribution < 1.29 is 61.5 Å². The van der Waals surface area contributed by atoms with Crippen molar-refractivity contribution >= 4 is 27.4 Å². The molecule has 0 aliphatic rings. The predicted octanol–water partition coefficient (Wildman–Crippen LogP) is 5.64. The van der Waals surface area contributed by atoms with Crippen LogP contribution in [-0.2, 0) is 0 Å². The number of rotatable bonds is 2. The molecule has 181 valence electrons. The van der Waals surface area contributed by atoms with E-state index in [0.29, 0.717) is 0 Å². The Morgan fingerprint density at radius 3 is 1.09 bits per heavy atom. The standard InChI is InChI=1S/C12F9.C8F5.Tl/c13-3-1-2(5(14)9(18)6(3)15)4-7(16)10(19)12(21)11(20)8(4)17;1-2-3-4(9)6(11)8(13)7(12)5(3)10;. The summed E-state index contributed by atoms with van der Waals surface area (Å²) in [6.45, 7) is 0. The average Bonchev–Trinajstić information content (AvgIpc) is 2.84. The number of hydrogen-bond acceptors (Lipinski definition) is 0. The predicted molar refractivity (Wildman–Crippen MR) is 90.0 cm³/mol. The van der Waals surface area contributed by atoms with Crippen LogP contribution in [0.5, 0.6) is 0 Å². The van der Waals surface area contributed by atoms with Crippen molar-refractivity contribution in [3.05, 3.63) is 87.0 Å². The second-order valence-electron chi connectivity index (χ2n) is 6.35. The van der Waals surface area contributed by atoms with Crippen LogP contribution in [0.4, 0.5) is 61.5 Å². The summed E-state index contributed by atoms with van der Waals surface area (Å²) in [6.07, 6.45) is 0. The summed E-state index contributed by atoms with van der Waals surface area (Å²) in [6, 6.07) is 0. The molecule has 35 heavy (non-hydrogen) atoms. The van der Waals surface area contributed by atoms with Crippen LogP contribution in [0.25, 0.3) is 11.1 Å². The summed E-state index contributed by atoms with van der Waals surface area (Å²) in [5.74, 6) is -34.7. The zero-order valence-electron chi connectivity index (χ0n) is 15.9. The third kappa shape index (κ3) is 4.23. The van der Waals surface area contributed by atoms with Gasteiger partial charge >= 0.3 is 196 Å². The Morgan fingerprint density at radius 1 is 0.343 bits per heavy atom. The Balaban J connectivity index is 2.31. The minimum absolute atomic E-state index is 1.40. The van der Waals surface area contributed by atoms with E-state index >= 15 is 0 Å². The fraction of sp³-hybridized carbons (Fsp3) is 0. The van der Waals surface area contributed by atoms with Gasteiger partial charge in [-0.05, 0) is 0 Å². The third-order valence-corrected chi connectivity index (χ3v) is 8.74. The van der Waals surface area contributed by atoms with Crippen LogP contribution in [-0.4, -0.2) is 24.2 Å². The van der Waals surface area contributed by atoms with Crippen LogP contribution in [0, 0.1) is 90.8 Å². The number of hydrogen-bond donors (Lipinski definition) is 0. The van der Waals surface area contributed by atoms with Gasteiger partial charge in [0.25, 0.3) is 0 Å². The van der Waals surface area contributed by atoms with E-state index in [4.69, 9.17) is 0 Å². The van der Waals surface area contributed by atoms with Crippen molar-refractivity contribution in [2.75, 3.05) is 0 Å². The van der Waals surface area contributed by atoms with E-state index in [1.165, 1.54) is 5.92 Å². The van der Waals surface area contributed by atoms with Gasteiger partial charge in [0, 0.05) is 0 Å². The molecule has 3 aromatic rings. The fourth-order valence-corrected chi connectivity index (χ4v) is 6.75. The molecule has 0 spiro atoms. The summed E-state index contributed by atoms with van der Waals surface area (Å²) in [5, 5.41) is 0. The first-order valence-electron chi connectivity index (χ1n) is 8.47. The van der Waals surface area contributed by atoms with Gasteiger partial charge in [-0.15, -0.1) is 0 Å². The van der Waals surface area contributed by atoms with Crippen molar-refractivity contribution in [2.45, 2.75) is 0 Å². The second-order valence-corrected chi connectivity index (χ2v) is 10.8. The first-order valence-corrected chi connectivity index (χ1v) is 13.0. The zero-order chi connectivity index (χ0) is 26.5. The maximum absolute atomic E-state index is 14.4. The van der Waals surface area contributed by atoms with Crippen LogP contribution < -0.4 is 3.12 Å². The van der Waals surface area contributed by atoms with E-state index < -0.39 is 125 Å². The zero-order valence-corrected chi connectivity index (χ0v) is 20.4. The van der Waals surface area contributed by atoms with Crippen molar-refractivity contribution in [1.29, 1.82) is 0 Å². The molecule has 15 heteroatoms. The van der Waals surface area contributed by atoms with E-state index in [-0.39, 0.29) is 0 Å². The molecule has 0 nitrogen and oxygen atoms in total. The van der Waals surface area contributed by atoms with Crippen molar-refractivity contribution in [2.24, 2.45) is 0 Å². The van der Waals surface area contributed by atoms with Gasteiger partial charge in [-0.1, -0.05) is 0 Å². The van der Waals surface area contributed by atoms with Gasteiger partial charge in [-0.3, -0.25) is 0 Å². The molecule has 0 N–H and O–H groups in total. The Morgan fingerprint density at radius 2 is 0.657 bits per heavy atom. The summed E-state index contributed by atoms with van der Waals surface area (Å²) >= 11 is -3.96. The minimum atomic E-state index is -3.96. The molecule has 0 heterocycles. The van der Waals surface area contributed by atoms with Gasteiger partial charge in [0.05, 0.1) is 0 Å². The van der Waals surface area contributed by atoms with Crippen LogP contribution in [0.15, 0.2) is 0 Å². The van der Waals surface area contributed by atoms with Crippen LogP contribution in [0.1, 0.15) is 5.56 Å². The Hall–Kier alpha value is -2.84. The third-order valence-electron chi connectivity index (χ3n) is 4.39. The molecule has 0 bridgehead atoms. The van der Waals surface area contributed by atoms with Crippen LogP contribution in [0.2, 0.25) is 0 Å². The molecule has 0 fully saturated rings. The van der Waals surface area contributed by atoms with Gasteiger partial charge in [-0.25, -0.2) is 0 Å². The quantitative estimate of drug-likeness (QED) is 0.106. The van der Waals surface area contributed by atoms with Gasteiger partial charge in [0.2, 0.25) is 0 Å². The summed E-state index contributed by atoms with van der Waals surface area (Å²) in [5.41, 5.74) is -5.91.